The van der Waals surface area contributed by atoms with Gasteiger partial charge in [-0.2, -0.15) is 0 Å². The van der Waals surface area contributed by atoms with E-state index in [-0.39, 0.29) is 29.9 Å². The van der Waals surface area contributed by atoms with Crippen molar-refractivity contribution in [2.24, 2.45) is 0 Å². The molecule has 0 radical (unpaired) electrons. The van der Waals surface area contributed by atoms with E-state index in [0.29, 0.717) is 16.3 Å². The number of hydrogen-bond donors (Lipinski definition) is 3. The minimum absolute atomic E-state index is 0.0184. The minimum Gasteiger partial charge on any atom is -0.322 e. The molecule has 0 aliphatic heterocycles. The highest BCUT2D eigenvalue weighted by atomic mass is 35.5. The quantitative estimate of drug-likeness (QED) is 0.727. The predicted molar refractivity (Wildman–Crippen MR) is 91.7 cm³/mol. The van der Waals surface area contributed by atoms with Crippen LogP contribution in [0.5, 0.6) is 0 Å². The first-order valence-corrected chi connectivity index (χ1v) is 7.83. The molecule has 1 atom stereocenters. The van der Waals surface area contributed by atoms with E-state index >= 15 is 0 Å². The van der Waals surface area contributed by atoms with Gasteiger partial charge >= 0.3 is 0 Å². The summed E-state index contributed by atoms with van der Waals surface area (Å²) in [6, 6.07) is 9.04. The number of likely N-dealkylation sites (N-methyl/N-ethyl adjacent to an activating group) is 1. The molecule has 0 saturated carbocycles. The Morgan fingerprint density at radius 1 is 0.960 bits per heavy atom. The topological polar surface area (TPSA) is 62.6 Å². The number of amides is 2. The van der Waals surface area contributed by atoms with E-state index in [9.17, 15) is 18.4 Å². The summed E-state index contributed by atoms with van der Waals surface area (Å²) in [7, 11) is 1.68. The lowest BCUT2D eigenvalue weighted by atomic mass is 10.3. The van der Waals surface area contributed by atoms with Crippen molar-refractivity contribution in [1.29, 1.82) is 0 Å². The molecule has 0 aliphatic rings. The Morgan fingerprint density at radius 3 is 2.12 bits per heavy atom. The van der Waals surface area contributed by atoms with Gasteiger partial charge in [0.25, 0.3) is 11.8 Å². The van der Waals surface area contributed by atoms with Gasteiger partial charge in [0.1, 0.15) is 11.6 Å². The molecule has 132 valence electrons. The average Bonchev–Trinajstić information content (AvgIpc) is 2.52. The van der Waals surface area contributed by atoms with Crippen molar-refractivity contribution in [3.8, 4) is 0 Å². The summed E-state index contributed by atoms with van der Waals surface area (Å²) >= 11 is 5.84. The normalized spacial score (nSPS) is 11.7. The maximum atomic E-state index is 13.0. The van der Waals surface area contributed by atoms with Crippen molar-refractivity contribution in [3.05, 3.63) is 59.1 Å². The van der Waals surface area contributed by atoms with Crippen LogP contribution in [0.25, 0.3) is 0 Å². The van der Waals surface area contributed by atoms with Crippen molar-refractivity contribution in [2.75, 3.05) is 30.8 Å². The van der Waals surface area contributed by atoms with E-state index in [2.05, 4.69) is 10.6 Å². The molecule has 25 heavy (non-hydrogen) atoms. The molecule has 0 spiro atoms. The highest BCUT2D eigenvalue weighted by Crippen LogP contribution is 2.21. The summed E-state index contributed by atoms with van der Waals surface area (Å²) in [5.74, 6) is -1.56. The van der Waals surface area contributed by atoms with Crippen molar-refractivity contribution >= 4 is 34.8 Å². The zero-order valence-electron chi connectivity index (χ0n) is 13.4. The van der Waals surface area contributed by atoms with Crippen LogP contribution in [0.2, 0.25) is 5.02 Å². The van der Waals surface area contributed by atoms with Crippen LogP contribution in [-0.2, 0) is 9.59 Å². The number of quaternary nitrogens is 1. The second kappa shape index (κ2) is 8.55. The zero-order chi connectivity index (χ0) is 18.4. The van der Waals surface area contributed by atoms with E-state index in [1.165, 1.54) is 36.4 Å². The van der Waals surface area contributed by atoms with Gasteiger partial charge in [0.2, 0.25) is 0 Å². The van der Waals surface area contributed by atoms with Gasteiger partial charge in [0.15, 0.2) is 13.1 Å². The van der Waals surface area contributed by atoms with Crippen LogP contribution in [0.15, 0.2) is 42.5 Å². The second-order valence-electron chi connectivity index (χ2n) is 5.54. The molecule has 0 aliphatic carbocycles. The van der Waals surface area contributed by atoms with Crippen LogP contribution in [0.1, 0.15) is 0 Å². The fourth-order valence-electron chi connectivity index (χ4n) is 2.13. The van der Waals surface area contributed by atoms with Crippen LogP contribution in [0.3, 0.4) is 0 Å². The number of nitrogens with one attached hydrogen (secondary N) is 3. The molecule has 5 nitrogen and oxygen atoms in total. The monoisotopic (exact) mass is 368 g/mol. The third-order valence-electron chi connectivity index (χ3n) is 3.26. The SMILES string of the molecule is C[NH+](CC(=O)Nc1ccc(F)cc1)CC(=O)Nc1ccc(F)cc1Cl. The van der Waals surface area contributed by atoms with Crippen molar-refractivity contribution < 1.29 is 23.3 Å². The Kier molecular flexibility index (Phi) is 6.44. The molecule has 2 aromatic rings. The molecule has 3 N–H and O–H groups in total. The fourth-order valence-corrected chi connectivity index (χ4v) is 2.35. The number of carbonyl (C=O) groups excluding carboxylic acids is 2. The van der Waals surface area contributed by atoms with Gasteiger partial charge in [-0.15, -0.1) is 0 Å². The Labute approximate surface area is 148 Å². The van der Waals surface area contributed by atoms with Crippen LogP contribution in [0, 0.1) is 11.6 Å². The molecule has 0 aromatic heterocycles. The van der Waals surface area contributed by atoms with Gasteiger partial charge in [-0.25, -0.2) is 8.78 Å². The summed E-state index contributed by atoms with van der Waals surface area (Å²) < 4.78 is 25.8. The van der Waals surface area contributed by atoms with Crippen molar-refractivity contribution in [1.82, 2.24) is 0 Å². The van der Waals surface area contributed by atoms with Gasteiger partial charge in [0.05, 0.1) is 17.8 Å². The third kappa shape index (κ3) is 6.13. The summed E-state index contributed by atoms with van der Waals surface area (Å²) in [4.78, 5) is 24.5. The van der Waals surface area contributed by atoms with Gasteiger partial charge < -0.3 is 15.5 Å². The average molecular weight is 369 g/mol. The molecular weight excluding hydrogens is 352 g/mol. The number of hydrogen-bond acceptors (Lipinski definition) is 2. The maximum Gasteiger partial charge on any atom is 0.279 e. The number of halogens is 3. The molecule has 0 saturated heterocycles. The molecule has 0 fully saturated rings. The Bertz CT molecular complexity index is 769. The van der Waals surface area contributed by atoms with Gasteiger partial charge in [-0.1, -0.05) is 11.6 Å². The molecule has 0 heterocycles. The van der Waals surface area contributed by atoms with E-state index < -0.39 is 11.6 Å². The first kappa shape index (κ1) is 18.8. The van der Waals surface area contributed by atoms with Gasteiger partial charge in [0, 0.05) is 5.69 Å². The highest BCUT2D eigenvalue weighted by Gasteiger charge is 2.15. The Morgan fingerprint density at radius 2 is 1.52 bits per heavy atom. The third-order valence-corrected chi connectivity index (χ3v) is 3.57. The van der Waals surface area contributed by atoms with Crippen LogP contribution in [-0.4, -0.2) is 32.0 Å². The van der Waals surface area contributed by atoms with Crippen molar-refractivity contribution in [3.63, 3.8) is 0 Å². The van der Waals surface area contributed by atoms with Crippen LogP contribution in [0.4, 0.5) is 20.2 Å². The van der Waals surface area contributed by atoms with Crippen LogP contribution >= 0.6 is 11.6 Å². The summed E-state index contributed by atoms with van der Waals surface area (Å²) in [6.07, 6.45) is 0. The molecule has 2 rings (SSSR count). The first-order valence-electron chi connectivity index (χ1n) is 7.45. The van der Waals surface area contributed by atoms with E-state index in [0.717, 1.165) is 6.07 Å². The molecule has 0 bridgehead atoms. The summed E-state index contributed by atoms with van der Waals surface area (Å²) in [5.41, 5.74) is 0.776. The standard InChI is InChI=1S/C17H16ClF2N3O2/c1-23(9-16(24)21-13-5-2-11(19)3-6-13)10-17(25)22-15-7-4-12(20)8-14(15)18/h2-8H,9-10H2,1H3,(H,21,24)(H,22,25)/p+1. The largest absolute Gasteiger partial charge is 0.322 e. The first-order chi connectivity index (χ1) is 11.8. The Balaban J connectivity index is 1.82. The lowest BCUT2D eigenvalue weighted by molar-refractivity contribution is -0.862. The number of anilines is 2. The number of benzene rings is 2. The lowest BCUT2D eigenvalue weighted by Gasteiger charge is -2.14. The number of rotatable bonds is 6. The molecule has 2 aromatic carbocycles. The minimum atomic E-state index is -0.497. The molecule has 2 amide bonds. The fraction of sp³-hybridized carbons (Fsp3) is 0.176. The van der Waals surface area contributed by atoms with E-state index in [1.54, 1.807) is 7.05 Å². The smallest absolute Gasteiger partial charge is 0.279 e. The molecular formula is C17H17ClF2N3O2+. The maximum absolute atomic E-state index is 13.0. The lowest BCUT2D eigenvalue weighted by Crippen LogP contribution is -3.11. The highest BCUT2D eigenvalue weighted by molar-refractivity contribution is 6.33. The van der Waals surface area contributed by atoms with Crippen LogP contribution < -0.4 is 15.5 Å². The van der Waals surface area contributed by atoms with E-state index in [1.807, 2.05) is 0 Å². The van der Waals surface area contributed by atoms with Gasteiger partial charge in [-0.05, 0) is 42.5 Å². The van der Waals surface area contributed by atoms with Crippen molar-refractivity contribution in [2.45, 2.75) is 0 Å². The zero-order valence-corrected chi connectivity index (χ0v) is 14.2. The summed E-state index contributed by atoms with van der Waals surface area (Å²) in [5, 5.41) is 5.28. The predicted octanol–water partition coefficient (Wildman–Crippen LogP) is 1.71. The molecule has 1 unspecified atom stereocenters. The summed E-state index contributed by atoms with van der Waals surface area (Å²) in [6.45, 7) is 0.0620. The molecule has 8 heteroatoms. The van der Waals surface area contributed by atoms with Gasteiger partial charge in [-0.3, -0.25) is 9.59 Å². The second-order valence-corrected chi connectivity index (χ2v) is 5.95. The number of carbonyl (C=O) groups is 2. The Hall–Kier alpha value is -2.51. The van der Waals surface area contributed by atoms with E-state index in [4.69, 9.17) is 11.6 Å².